The summed E-state index contributed by atoms with van der Waals surface area (Å²) in [6.07, 6.45) is 2.83. The van der Waals surface area contributed by atoms with E-state index in [2.05, 4.69) is 25.2 Å². The van der Waals surface area contributed by atoms with Crippen LogP contribution in [0.3, 0.4) is 0 Å². The van der Waals surface area contributed by atoms with Crippen LogP contribution in [0.5, 0.6) is 0 Å². The minimum absolute atomic E-state index is 0.407. The molecule has 1 atom stereocenters. The van der Waals surface area contributed by atoms with Crippen molar-refractivity contribution in [3.63, 3.8) is 0 Å². The molecule has 0 aliphatic heterocycles. The predicted molar refractivity (Wildman–Crippen MR) is 42.6 cm³/mol. The summed E-state index contributed by atoms with van der Waals surface area (Å²) >= 11 is 0. The number of rotatable bonds is 5. The summed E-state index contributed by atoms with van der Waals surface area (Å²) in [6.45, 7) is 5.26. The van der Waals surface area contributed by atoms with Gasteiger partial charge >= 0.3 is 0 Å². The minimum Gasteiger partial charge on any atom is -0.313 e. The van der Waals surface area contributed by atoms with Crippen molar-refractivity contribution in [1.29, 1.82) is 5.26 Å². The lowest BCUT2D eigenvalue weighted by molar-refractivity contribution is 0.505. The maximum Gasteiger partial charge on any atom is 0.0638 e. The van der Waals surface area contributed by atoms with E-state index in [4.69, 9.17) is 5.26 Å². The number of nitrogens with zero attached hydrogens (tertiary/aromatic N) is 1. The molecule has 0 aliphatic carbocycles. The SMILES string of the molecule is CCCNC(CC)CC#N. The number of hydrogen-bond donors (Lipinski definition) is 1. The van der Waals surface area contributed by atoms with Crippen LogP contribution < -0.4 is 5.32 Å². The highest BCUT2D eigenvalue weighted by Gasteiger charge is 2.01. The molecule has 1 N–H and O–H groups in total. The molecule has 58 valence electrons. The first-order valence-electron chi connectivity index (χ1n) is 3.95. The van der Waals surface area contributed by atoms with E-state index in [1.54, 1.807) is 0 Å². The highest BCUT2D eigenvalue weighted by molar-refractivity contribution is 4.79. The van der Waals surface area contributed by atoms with Crippen LogP contribution in [-0.2, 0) is 0 Å². The van der Waals surface area contributed by atoms with E-state index in [1.165, 1.54) is 0 Å². The Morgan fingerprint density at radius 2 is 2.20 bits per heavy atom. The van der Waals surface area contributed by atoms with Crippen molar-refractivity contribution in [3.05, 3.63) is 0 Å². The van der Waals surface area contributed by atoms with E-state index in [0.29, 0.717) is 12.5 Å². The number of nitrogens with one attached hydrogen (secondary N) is 1. The van der Waals surface area contributed by atoms with Crippen molar-refractivity contribution in [2.24, 2.45) is 0 Å². The van der Waals surface area contributed by atoms with Gasteiger partial charge in [-0.05, 0) is 19.4 Å². The molecule has 0 aliphatic rings. The Bertz CT molecular complexity index is 104. The number of nitriles is 1. The quantitative estimate of drug-likeness (QED) is 0.630. The predicted octanol–water partition coefficient (Wildman–Crippen LogP) is 1.68. The highest BCUT2D eigenvalue weighted by atomic mass is 14.9. The molecule has 0 saturated heterocycles. The minimum atomic E-state index is 0.407. The van der Waals surface area contributed by atoms with Gasteiger partial charge in [-0.25, -0.2) is 0 Å². The molecule has 0 amide bonds. The van der Waals surface area contributed by atoms with Crippen molar-refractivity contribution in [3.8, 4) is 6.07 Å². The highest BCUT2D eigenvalue weighted by Crippen LogP contribution is 1.95. The Labute approximate surface area is 63.2 Å². The molecule has 10 heavy (non-hydrogen) atoms. The van der Waals surface area contributed by atoms with E-state index in [0.717, 1.165) is 19.4 Å². The van der Waals surface area contributed by atoms with Crippen molar-refractivity contribution >= 4 is 0 Å². The molecule has 0 heterocycles. The van der Waals surface area contributed by atoms with Crippen LogP contribution >= 0.6 is 0 Å². The van der Waals surface area contributed by atoms with Crippen LogP contribution in [0.15, 0.2) is 0 Å². The molecule has 0 aromatic rings. The summed E-state index contributed by atoms with van der Waals surface area (Å²) in [4.78, 5) is 0. The Morgan fingerprint density at radius 3 is 2.60 bits per heavy atom. The van der Waals surface area contributed by atoms with E-state index < -0.39 is 0 Å². The molecule has 0 rings (SSSR count). The maximum atomic E-state index is 8.38. The summed E-state index contributed by atoms with van der Waals surface area (Å²) in [5.41, 5.74) is 0. The van der Waals surface area contributed by atoms with Gasteiger partial charge in [0.05, 0.1) is 12.5 Å². The van der Waals surface area contributed by atoms with Gasteiger partial charge in [0.15, 0.2) is 0 Å². The standard InChI is InChI=1S/C8H16N2/c1-3-7-10-8(4-2)5-6-9/h8,10H,3-5,7H2,1-2H3. The van der Waals surface area contributed by atoms with Gasteiger partial charge in [0, 0.05) is 6.04 Å². The zero-order valence-electron chi connectivity index (χ0n) is 6.85. The molecular formula is C8H16N2. The topological polar surface area (TPSA) is 35.8 Å². The summed E-state index contributed by atoms with van der Waals surface area (Å²) in [5.74, 6) is 0. The van der Waals surface area contributed by atoms with E-state index in [-0.39, 0.29) is 0 Å². The fraction of sp³-hybridized carbons (Fsp3) is 0.875. The van der Waals surface area contributed by atoms with Crippen LogP contribution in [0.4, 0.5) is 0 Å². The van der Waals surface area contributed by atoms with Crippen LogP contribution in [0.2, 0.25) is 0 Å². The summed E-state index contributed by atoms with van der Waals surface area (Å²) in [6, 6.07) is 2.57. The Kier molecular flexibility index (Phi) is 6.21. The van der Waals surface area contributed by atoms with Crippen molar-refractivity contribution < 1.29 is 0 Å². The molecule has 0 spiro atoms. The fourth-order valence-corrected chi connectivity index (χ4v) is 0.819. The average molecular weight is 140 g/mol. The first-order valence-corrected chi connectivity index (χ1v) is 3.95. The van der Waals surface area contributed by atoms with Crippen molar-refractivity contribution in [2.75, 3.05) is 6.54 Å². The summed E-state index contributed by atoms with van der Waals surface area (Å²) < 4.78 is 0. The van der Waals surface area contributed by atoms with Crippen molar-refractivity contribution in [2.45, 2.75) is 39.2 Å². The van der Waals surface area contributed by atoms with Gasteiger partial charge in [0.2, 0.25) is 0 Å². The molecule has 2 heteroatoms. The van der Waals surface area contributed by atoms with Gasteiger partial charge in [-0.15, -0.1) is 0 Å². The Morgan fingerprint density at radius 1 is 1.50 bits per heavy atom. The van der Waals surface area contributed by atoms with Gasteiger partial charge in [-0.1, -0.05) is 13.8 Å². The van der Waals surface area contributed by atoms with Crippen LogP contribution in [0.25, 0.3) is 0 Å². The van der Waals surface area contributed by atoms with E-state index in [9.17, 15) is 0 Å². The molecular weight excluding hydrogens is 124 g/mol. The summed E-state index contributed by atoms with van der Waals surface area (Å²) in [5, 5.41) is 11.7. The lowest BCUT2D eigenvalue weighted by Crippen LogP contribution is -2.28. The third kappa shape index (κ3) is 4.34. The van der Waals surface area contributed by atoms with Gasteiger partial charge in [0.1, 0.15) is 0 Å². The molecule has 2 nitrogen and oxygen atoms in total. The van der Waals surface area contributed by atoms with Gasteiger partial charge in [-0.3, -0.25) is 0 Å². The molecule has 0 aromatic carbocycles. The molecule has 0 saturated carbocycles. The van der Waals surface area contributed by atoms with E-state index in [1.807, 2.05) is 0 Å². The molecule has 0 fully saturated rings. The molecule has 0 bridgehead atoms. The van der Waals surface area contributed by atoms with Crippen LogP contribution in [0, 0.1) is 11.3 Å². The lowest BCUT2D eigenvalue weighted by atomic mass is 10.1. The molecule has 0 radical (unpaired) electrons. The van der Waals surface area contributed by atoms with Gasteiger partial charge < -0.3 is 5.32 Å². The normalized spacial score (nSPS) is 12.5. The number of hydrogen-bond acceptors (Lipinski definition) is 2. The summed E-state index contributed by atoms with van der Waals surface area (Å²) in [7, 11) is 0. The second-order valence-corrected chi connectivity index (χ2v) is 2.42. The lowest BCUT2D eigenvalue weighted by Gasteiger charge is -2.11. The molecule has 0 aromatic heterocycles. The zero-order chi connectivity index (χ0) is 7.82. The van der Waals surface area contributed by atoms with Gasteiger partial charge in [-0.2, -0.15) is 5.26 Å². The fourth-order valence-electron chi connectivity index (χ4n) is 0.819. The van der Waals surface area contributed by atoms with Crippen LogP contribution in [0.1, 0.15) is 33.1 Å². The van der Waals surface area contributed by atoms with Crippen molar-refractivity contribution in [1.82, 2.24) is 5.32 Å². The Balaban J connectivity index is 3.32. The smallest absolute Gasteiger partial charge is 0.0638 e. The zero-order valence-corrected chi connectivity index (χ0v) is 6.85. The first kappa shape index (κ1) is 9.45. The first-order chi connectivity index (χ1) is 4.85. The maximum absolute atomic E-state index is 8.38. The second-order valence-electron chi connectivity index (χ2n) is 2.42. The largest absolute Gasteiger partial charge is 0.313 e. The third-order valence-electron chi connectivity index (χ3n) is 1.51. The van der Waals surface area contributed by atoms with E-state index >= 15 is 0 Å². The molecule has 1 unspecified atom stereocenters. The Hall–Kier alpha value is -0.550. The third-order valence-corrected chi connectivity index (χ3v) is 1.51. The van der Waals surface area contributed by atoms with Crippen LogP contribution in [-0.4, -0.2) is 12.6 Å². The second kappa shape index (κ2) is 6.57. The monoisotopic (exact) mass is 140 g/mol. The van der Waals surface area contributed by atoms with Gasteiger partial charge in [0.25, 0.3) is 0 Å². The average Bonchev–Trinajstić information content (AvgIpc) is 1.98.